The van der Waals surface area contributed by atoms with Gasteiger partial charge in [-0.3, -0.25) is 14.5 Å². The van der Waals surface area contributed by atoms with Gasteiger partial charge in [-0.15, -0.1) is 0 Å². The van der Waals surface area contributed by atoms with Gasteiger partial charge in [-0.25, -0.2) is 13.4 Å². The molecule has 2 aromatic heterocycles. The fourth-order valence-corrected chi connectivity index (χ4v) is 5.42. The van der Waals surface area contributed by atoms with Crippen molar-refractivity contribution in [2.24, 2.45) is 0 Å². The molecule has 2 N–H and O–H groups in total. The fraction of sp³-hybridized carbons (Fsp3) is 0.522. The Balaban J connectivity index is 0.000000968. The standard InChI is InChI=1S/C22H30N4O3S.CH2O2/c1-3-26-12-10-17-14-21(22(29-2)24-20(17)11-13-26)25-30(27,28)18-8-9-19(23-15-18)16-6-4-5-7-16;2-1-3/h8-9,14-16,25H,3-7,10-13H2,1-2H3;1H,(H,2,3). The number of carbonyl (C=O) groups is 1. The van der Waals surface area contributed by atoms with Crippen LogP contribution in [0.25, 0.3) is 0 Å². The molecule has 1 fully saturated rings. The van der Waals surface area contributed by atoms with Crippen molar-refractivity contribution in [2.75, 3.05) is 31.5 Å². The normalized spacial score (nSPS) is 16.8. The molecule has 2 aliphatic rings. The number of aromatic nitrogens is 2. The van der Waals surface area contributed by atoms with Gasteiger partial charge in [0, 0.05) is 43.0 Å². The van der Waals surface area contributed by atoms with Gasteiger partial charge in [0.05, 0.1) is 7.11 Å². The summed E-state index contributed by atoms with van der Waals surface area (Å²) < 4.78 is 34.1. The van der Waals surface area contributed by atoms with Gasteiger partial charge in [-0.2, -0.15) is 0 Å². The molecule has 180 valence electrons. The van der Waals surface area contributed by atoms with Crippen LogP contribution >= 0.6 is 0 Å². The maximum Gasteiger partial charge on any atom is 0.290 e. The maximum atomic E-state index is 13.0. The molecule has 0 atom stereocenters. The molecule has 0 spiro atoms. The zero-order valence-corrected chi connectivity index (χ0v) is 20.0. The molecule has 0 unspecified atom stereocenters. The summed E-state index contributed by atoms with van der Waals surface area (Å²) in [6.07, 6.45) is 7.82. The van der Waals surface area contributed by atoms with Crippen LogP contribution in [0.1, 0.15) is 55.5 Å². The lowest BCUT2D eigenvalue weighted by Crippen LogP contribution is -2.25. The summed E-state index contributed by atoms with van der Waals surface area (Å²) in [6, 6.07) is 5.36. The molecule has 33 heavy (non-hydrogen) atoms. The van der Waals surface area contributed by atoms with Gasteiger partial charge < -0.3 is 14.7 Å². The van der Waals surface area contributed by atoms with Crippen LogP contribution in [0.15, 0.2) is 29.3 Å². The largest absolute Gasteiger partial charge is 0.483 e. The Morgan fingerprint density at radius 1 is 1.24 bits per heavy atom. The molecule has 1 aliphatic carbocycles. The van der Waals surface area contributed by atoms with E-state index < -0.39 is 10.0 Å². The molecular formula is C23H32N4O5S. The smallest absolute Gasteiger partial charge is 0.290 e. The van der Waals surface area contributed by atoms with E-state index in [4.69, 9.17) is 14.6 Å². The first kappa shape index (κ1) is 24.9. The van der Waals surface area contributed by atoms with Crippen molar-refractivity contribution in [3.8, 4) is 5.88 Å². The van der Waals surface area contributed by atoms with Crippen LogP contribution in [0.2, 0.25) is 0 Å². The highest BCUT2D eigenvalue weighted by Crippen LogP contribution is 2.33. The first-order chi connectivity index (χ1) is 15.9. The van der Waals surface area contributed by atoms with Gasteiger partial charge in [0.15, 0.2) is 0 Å². The van der Waals surface area contributed by atoms with Crippen molar-refractivity contribution in [2.45, 2.75) is 56.3 Å². The van der Waals surface area contributed by atoms with E-state index in [0.29, 0.717) is 17.5 Å². The number of likely N-dealkylation sites (N-methyl/N-ethyl adjacent to an activating group) is 1. The van der Waals surface area contributed by atoms with Crippen LogP contribution < -0.4 is 9.46 Å². The Hall–Kier alpha value is -2.72. The van der Waals surface area contributed by atoms with Crippen LogP contribution in [-0.4, -0.2) is 61.6 Å². The number of anilines is 1. The lowest BCUT2D eigenvalue weighted by atomic mass is 10.0. The quantitative estimate of drug-likeness (QED) is 0.610. The first-order valence-corrected chi connectivity index (χ1v) is 12.8. The minimum atomic E-state index is -3.78. The Morgan fingerprint density at radius 3 is 2.55 bits per heavy atom. The predicted molar refractivity (Wildman–Crippen MR) is 125 cm³/mol. The van der Waals surface area contributed by atoms with Crippen LogP contribution in [-0.2, 0) is 27.7 Å². The highest BCUT2D eigenvalue weighted by atomic mass is 32.2. The van der Waals surface area contributed by atoms with E-state index in [1.807, 2.05) is 12.1 Å². The molecular weight excluding hydrogens is 444 g/mol. The summed E-state index contributed by atoms with van der Waals surface area (Å²) in [5.41, 5.74) is 3.41. The van der Waals surface area contributed by atoms with Gasteiger partial charge in [0.2, 0.25) is 5.88 Å². The molecule has 0 saturated heterocycles. The van der Waals surface area contributed by atoms with E-state index in [0.717, 1.165) is 62.3 Å². The number of ether oxygens (including phenoxy) is 1. The first-order valence-electron chi connectivity index (χ1n) is 11.3. The zero-order chi connectivity index (χ0) is 23.8. The van der Waals surface area contributed by atoms with E-state index in [1.54, 1.807) is 6.07 Å². The third-order valence-electron chi connectivity index (χ3n) is 6.25. The summed E-state index contributed by atoms with van der Waals surface area (Å²) in [7, 11) is -2.27. The van der Waals surface area contributed by atoms with Crippen LogP contribution in [0.5, 0.6) is 5.88 Å². The molecule has 0 bridgehead atoms. The molecule has 0 amide bonds. The Kier molecular flexibility index (Phi) is 8.62. The number of pyridine rings is 2. The minimum absolute atomic E-state index is 0.151. The Bertz CT molecular complexity index is 1040. The average molecular weight is 477 g/mol. The summed E-state index contributed by atoms with van der Waals surface area (Å²) in [6.45, 7) is 4.78. The van der Waals surface area contributed by atoms with Crippen LogP contribution in [0.3, 0.4) is 0 Å². The second-order valence-corrected chi connectivity index (χ2v) is 9.88. The van der Waals surface area contributed by atoms with E-state index in [-0.39, 0.29) is 11.4 Å². The monoisotopic (exact) mass is 476 g/mol. The number of sulfonamides is 1. The van der Waals surface area contributed by atoms with Crippen molar-refractivity contribution in [3.63, 3.8) is 0 Å². The Morgan fingerprint density at radius 2 is 1.94 bits per heavy atom. The minimum Gasteiger partial charge on any atom is -0.483 e. The van der Waals surface area contributed by atoms with Crippen molar-refractivity contribution in [1.82, 2.24) is 14.9 Å². The molecule has 1 saturated carbocycles. The van der Waals surface area contributed by atoms with Gasteiger partial charge in [0.25, 0.3) is 16.5 Å². The number of carboxylic acid groups (broad SMARTS) is 1. The fourth-order valence-electron chi connectivity index (χ4n) is 4.42. The molecule has 0 radical (unpaired) electrons. The van der Waals surface area contributed by atoms with Crippen molar-refractivity contribution >= 4 is 22.2 Å². The summed E-state index contributed by atoms with van der Waals surface area (Å²) in [5.74, 6) is 0.754. The molecule has 10 heteroatoms. The van der Waals surface area contributed by atoms with Crippen molar-refractivity contribution < 1.29 is 23.1 Å². The molecule has 9 nitrogen and oxygen atoms in total. The maximum absolute atomic E-state index is 13.0. The zero-order valence-electron chi connectivity index (χ0n) is 19.2. The summed E-state index contributed by atoms with van der Waals surface area (Å²) >= 11 is 0. The van der Waals surface area contributed by atoms with E-state index in [1.165, 1.54) is 26.1 Å². The lowest BCUT2D eigenvalue weighted by Gasteiger charge is -2.16. The highest BCUT2D eigenvalue weighted by molar-refractivity contribution is 7.92. The average Bonchev–Trinajstić information content (AvgIpc) is 3.28. The second-order valence-electron chi connectivity index (χ2n) is 8.20. The van der Waals surface area contributed by atoms with Crippen molar-refractivity contribution in [3.05, 3.63) is 41.3 Å². The number of nitrogens with one attached hydrogen (secondary N) is 1. The summed E-state index contributed by atoms with van der Waals surface area (Å²) in [4.78, 5) is 19.9. The number of hydrogen-bond acceptors (Lipinski definition) is 7. The number of rotatable bonds is 6. The highest BCUT2D eigenvalue weighted by Gasteiger charge is 2.23. The number of methoxy groups -OCH3 is 1. The number of nitrogens with zero attached hydrogens (tertiary/aromatic N) is 3. The van der Waals surface area contributed by atoms with Crippen LogP contribution in [0, 0.1) is 0 Å². The van der Waals surface area contributed by atoms with Gasteiger partial charge in [0.1, 0.15) is 10.6 Å². The predicted octanol–water partition coefficient (Wildman–Crippen LogP) is 3.06. The third-order valence-corrected chi connectivity index (χ3v) is 7.60. The lowest BCUT2D eigenvalue weighted by molar-refractivity contribution is -0.122. The molecule has 2 aromatic rings. The topological polar surface area (TPSA) is 122 Å². The summed E-state index contributed by atoms with van der Waals surface area (Å²) in [5, 5.41) is 6.89. The van der Waals surface area contributed by atoms with E-state index in [9.17, 15) is 8.42 Å². The van der Waals surface area contributed by atoms with Gasteiger partial charge >= 0.3 is 0 Å². The van der Waals surface area contributed by atoms with E-state index >= 15 is 0 Å². The molecule has 4 rings (SSSR count). The SMILES string of the molecule is CCN1CCc2cc(NS(=O)(=O)c3ccc(C4CCCC4)nc3)c(OC)nc2CC1.O=CO. The number of hydrogen-bond donors (Lipinski definition) is 2. The number of fused-ring (bicyclic) bond motifs is 1. The van der Waals surface area contributed by atoms with Crippen molar-refractivity contribution in [1.29, 1.82) is 0 Å². The Labute approximate surface area is 195 Å². The molecule has 1 aliphatic heterocycles. The van der Waals surface area contributed by atoms with Gasteiger partial charge in [-0.1, -0.05) is 19.8 Å². The third kappa shape index (κ3) is 6.20. The molecule has 0 aromatic carbocycles. The van der Waals surface area contributed by atoms with Crippen LogP contribution in [0.4, 0.5) is 5.69 Å². The molecule has 3 heterocycles. The van der Waals surface area contributed by atoms with Gasteiger partial charge in [-0.05, 0) is 49.6 Å². The second kappa shape index (κ2) is 11.4. The van der Waals surface area contributed by atoms with E-state index in [2.05, 4.69) is 26.5 Å².